The maximum absolute atomic E-state index is 13.6. The minimum Gasteiger partial charge on any atom is -0.464 e. The van der Waals surface area contributed by atoms with Crippen LogP contribution in [0.25, 0.3) is 0 Å². The van der Waals surface area contributed by atoms with E-state index in [0.717, 1.165) is 12.1 Å². The van der Waals surface area contributed by atoms with Gasteiger partial charge in [-0.15, -0.1) is 0 Å². The summed E-state index contributed by atoms with van der Waals surface area (Å²) in [7, 11) is 0. The Bertz CT molecular complexity index is 543. The molecule has 1 atom stereocenters. The lowest BCUT2D eigenvalue weighted by atomic mass is 10.1. The van der Waals surface area contributed by atoms with Crippen LogP contribution in [-0.2, 0) is 9.53 Å². The van der Waals surface area contributed by atoms with Crippen LogP contribution in [0.1, 0.15) is 25.3 Å². The van der Waals surface area contributed by atoms with Gasteiger partial charge in [-0.3, -0.25) is 4.99 Å². The number of carbonyl (C=O) groups is 1. The minimum absolute atomic E-state index is 0.106. The second-order valence-electron chi connectivity index (χ2n) is 4.11. The predicted molar refractivity (Wildman–Crippen MR) is 62.5 cm³/mol. The van der Waals surface area contributed by atoms with Gasteiger partial charge in [0.1, 0.15) is 6.04 Å². The van der Waals surface area contributed by atoms with E-state index in [-0.39, 0.29) is 17.9 Å². The van der Waals surface area contributed by atoms with Crippen molar-refractivity contribution in [2.24, 2.45) is 4.99 Å². The SMILES string of the molecule is CCOC(=O)[C@H]1CCC(c2ccc(F)c(F)c2F)=N1. The molecule has 1 aromatic carbocycles. The molecule has 0 aliphatic carbocycles. The van der Waals surface area contributed by atoms with E-state index in [9.17, 15) is 18.0 Å². The lowest BCUT2D eigenvalue weighted by molar-refractivity contribution is -0.144. The summed E-state index contributed by atoms with van der Waals surface area (Å²) in [6, 6.07) is 1.27. The smallest absolute Gasteiger partial charge is 0.330 e. The van der Waals surface area contributed by atoms with Crippen LogP contribution in [0.5, 0.6) is 0 Å². The number of esters is 1. The average Bonchev–Trinajstić information content (AvgIpc) is 2.86. The van der Waals surface area contributed by atoms with Crippen molar-refractivity contribution in [2.45, 2.75) is 25.8 Å². The van der Waals surface area contributed by atoms with E-state index in [2.05, 4.69) is 4.99 Å². The van der Waals surface area contributed by atoms with Gasteiger partial charge >= 0.3 is 5.97 Å². The molecule has 1 aliphatic rings. The van der Waals surface area contributed by atoms with Gasteiger partial charge in [0, 0.05) is 11.3 Å². The fourth-order valence-corrected chi connectivity index (χ4v) is 1.95. The molecule has 102 valence electrons. The fourth-order valence-electron chi connectivity index (χ4n) is 1.95. The van der Waals surface area contributed by atoms with Crippen LogP contribution in [0.3, 0.4) is 0 Å². The van der Waals surface area contributed by atoms with Gasteiger partial charge in [0.25, 0.3) is 0 Å². The number of ether oxygens (including phenoxy) is 1. The average molecular weight is 271 g/mol. The quantitative estimate of drug-likeness (QED) is 0.626. The maximum atomic E-state index is 13.6. The normalized spacial score (nSPS) is 18.3. The van der Waals surface area contributed by atoms with E-state index >= 15 is 0 Å². The third-order valence-corrected chi connectivity index (χ3v) is 2.87. The zero-order valence-electron chi connectivity index (χ0n) is 10.3. The van der Waals surface area contributed by atoms with Crippen molar-refractivity contribution in [1.82, 2.24) is 0 Å². The van der Waals surface area contributed by atoms with Gasteiger partial charge in [0.05, 0.1) is 6.61 Å². The summed E-state index contributed by atoms with van der Waals surface area (Å²) in [5, 5.41) is 0. The first-order chi connectivity index (χ1) is 9.04. The van der Waals surface area contributed by atoms with E-state index in [1.165, 1.54) is 0 Å². The van der Waals surface area contributed by atoms with Crippen LogP contribution >= 0.6 is 0 Å². The van der Waals surface area contributed by atoms with E-state index in [4.69, 9.17) is 4.74 Å². The van der Waals surface area contributed by atoms with Crippen molar-refractivity contribution in [3.63, 3.8) is 0 Å². The van der Waals surface area contributed by atoms with Crippen molar-refractivity contribution in [3.8, 4) is 0 Å². The highest BCUT2D eigenvalue weighted by Crippen LogP contribution is 2.23. The van der Waals surface area contributed by atoms with Crippen LogP contribution in [0, 0.1) is 17.5 Å². The first kappa shape index (κ1) is 13.6. The summed E-state index contributed by atoms with van der Waals surface area (Å²) in [6.07, 6.45) is 0.706. The van der Waals surface area contributed by atoms with Gasteiger partial charge < -0.3 is 4.74 Å². The predicted octanol–water partition coefficient (Wildman–Crippen LogP) is 2.62. The molecule has 0 saturated carbocycles. The summed E-state index contributed by atoms with van der Waals surface area (Å²) in [4.78, 5) is 15.5. The van der Waals surface area contributed by atoms with Crippen LogP contribution < -0.4 is 0 Å². The molecule has 19 heavy (non-hydrogen) atoms. The Labute approximate surface area is 108 Å². The Balaban J connectivity index is 2.27. The molecule has 6 heteroatoms. The molecule has 0 unspecified atom stereocenters. The number of carbonyl (C=O) groups excluding carboxylic acids is 1. The lowest BCUT2D eigenvalue weighted by Gasteiger charge is -2.05. The number of halogens is 3. The lowest BCUT2D eigenvalue weighted by Crippen LogP contribution is -2.18. The van der Waals surface area contributed by atoms with E-state index in [1.54, 1.807) is 6.92 Å². The molecule has 0 bridgehead atoms. The Morgan fingerprint density at radius 1 is 1.37 bits per heavy atom. The molecular weight excluding hydrogens is 259 g/mol. The molecule has 0 N–H and O–H groups in total. The van der Waals surface area contributed by atoms with Crippen molar-refractivity contribution < 1.29 is 22.7 Å². The molecule has 1 heterocycles. The van der Waals surface area contributed by atoms with Gasteiger partial charge in [-0.25, -0.2) is 18.0 Å². The monoisotopic (exact) mass is 271 g/mol. The van der Waals surface area contributed by atoms with Gasteiger partial charge in [-0.2, -0.15) is 0 Å². The van der Waals surface area contributed by atoms with Crippen molar-refractivity contribution in [2.75, 3.05) is 6.61 Å². The Hall–Kier alpha value is -1.85. The van der Waals surface area contributed by atoms with Crippen molar-refractivity contribution >= 4 is 11.7 Å². The van der Waals surface area contributed by atoms with Crippen LogP contribution in [-0.4, -0.2) is 24.3 Å². The number of aliphatic imine (C=N–C) groups is 1. The summed E-state index contributed by atoms with van der Waals surface area (Å²) < 4.78 is 44.3. The number of benzene rings is 1. The van der Waals surface area contributed by atoms with Crippen LogP contribution in [0.2, 0.25) is 0 Å². The second-order valence-corrected chi connectivity index (χ2v) is 4.11. The van der Waals surface area contributed by atoms with Gasteiger partial charge in [0.2, 0.25) is 0 Å². The van der Waals surface area contributed by atoms with Gasteiger partial charge in [-0.1, -0.05) is 0 Å². The third-order valence-electron chi connectivity index (χ3n) is 2.87. The molecule has 0 saturated heterocycles. The number of hydrogen-bond acceptors (Lipinski definition) is 3. The van der Waals surface area contributed by atoms with Gasteiger partial charge in [-0.05, 0) is 31.9 Å². The maximum Gasteiger partial charge on any atom is 0.330 e. The summed E-state index contributed by atoms with van der Waals surface area (Å²) >= 11 is 0. The second kappa shape index (κ2) is 5.42. The number of hydrogen-bond donors (Lipinski definition) is 0. The molecule has 0 fully saturated rings. The molecular formula is C13H12F3NO2. The first-order valence-electron chi connectivity index (χ1n) is 5.91. The zero-order valence-corrected chi connectivity index (χ0v) is 10.3. The summed E-state index contributed by atoms with van der Waals surface area (Å²) in [6.45, 7) is 1.91. The van der Waals surface area contributed by atoms with Crippen LogP contribution in [0.15, 0.2) is 17.1 Å². The molecule has 1 aromatic rings. The molecule has 2 rings (SSSR count). The summed E-state index contributed by atoms with van der Waals surface area (Å²) in [5.74, 6) is -4.54. The zero-order chi connectivity index (χ0) is 14.0. The highest BCUT2D eigenvalue weighted by atomic mass is 19.2. The highest BCUT2D eigenvalue weighted by Gasteiger charge is 2.28. The highest BCUT2D eigenvalue weighted by molar-refractivity contribution is 6.03. The molecule has 0 amide bonds. The third kappa shape index (κ3) is 2.62. The molecule has 3 nitrogen and oxygen atoms in total. The largest absolute Gasteiger partial charge is 0.464 e. The molecule has 0 radical (unpaired) electrons. The molecule has 0 spiro atoms. The molecule has 0 aromatic heterocycles. The van der Waals surface area contributed by atoms with E-state index < -0.39 is 29.5 Å². The Morgan fingerprint density at radius 2 is 2.11 bits per heavy atom. The van der Waals surface area contributed by atoms with Crippen molar-refractivity contribution in [3.05, 3.63) is 35.1 Å². The van der Waals surface area contributed by atoms with E-state index in [1.807, 2.05) is 0 Å². The number of nitrogens with zero attached hydrogens (tertiary/aromatic N) is 1. The van der Waals surface area contributed by atoms with Crippen LogP contribution in [0.4, 0.5) is 13.2 Å². The minimum atomic E-state index is -1.53. The van der Waals surface area contributed by atoms with Gasteiger partial charge in [0.15, 0.2) is 17.5 Å². The first-order valence-corrected chi connectivity index (χ1v) is 5.91. The molecule has 1 aliphatic heterocycles. The topological polar surface area (TPSA) is 38.7 Å². The fraction of sp³-hybridized carbons (Fsp3) is 0.385. The summed E-state index contributed by atoms with van der Waals surface area (Å²) in [5.41, 5.74) is 0.153. The van der Waals surface area contributed by atoms with E-state index in [0.29, 0.717) is 12.8 Å². The number of rotatable bonds is 3. The van der Waals surface area contributed by atoms with Crippen molar-refractivity contribution in [1.29, 1.82) is 0 Å². The Morgan fingerprint density at radius 3 is 2.79 bits per heavy atom. The Kier molecular flexibility index (Phi) is 3.87. The standard InChI is InChI=1S/C13H12F3NO2/c1-2-19-13(18)10-6-5-9(17-10)7-3-4-8(14)12(16)11(7)15/h3-4,10H,2,5-6H2,1H3/t10-/m1/s1.